The maximum atomic E-state index is 13.0. The summed E-state index contributed by atoms with van der Waals surface area (Å²) < 4.78 is 27.2. The zero-order valence-electron chi connectivity index (χ0n) is 15.0. The molecule has 5 nitrogen and oxygen atoms in total. The van der Waals surface area contributed by atoms with Gasteiger partial charge in [-0.15, -0.1) is 0 Å². The number of halogens is 2. The first-order valence-electron chi connectivity index (χ1n) is 8.55. The molecule has 3 aromatic carbocycles. The molecular weight excluding hydrogens is 419 g/mol. The summed E-state index contributed by atoms with van der Waals surface area (Å²) in [7, 11) is -3.84. The van der Waals surface area contributed by atoms with Gasteiger partial charge in [-0.3, -0.25) is 4.79 Å². The number of amides is 1. The first kappa shape index (κ1) is 20.6. The van der Waals surface area contributed by atoms with Crippen LogP contribution in [0.1, 0.15) is 6.92 Å². The zero-order chi connectivity index (χ0) is 20.3. The largest absolute Gasteiger partial charge is 0.322 e. The fourth-order valence-electron chi connectivity index (χ4n) is 2.80. The first-order valence-corrected chi connectivity index (χ1v) is 10.8. The number of nitrogens with zero attached hydrogens (tertiary/aromatic N) is 1. The van der Waals surface area contributed by atoms with Crippen molar-refractivity contribution >= 4 is 55.6 Å². The summed E-state index contributed by atoms with van der Waals surface area (Å²) in [4.78, 5) is 12.6. The van der Waals surface area contributed by atoms with Crippen molar-refractivity contribution in [3.63, 3.8) is 0 Å². The summed E-state index contributed by atoms with van der Waals surface area (Å²) in [6.45, 7) is 1.46. The van der Waals surface area contributed by atoms with E-state index in [1.54, 1.807) is 43.3 Å². The number of hydrogen-bond acceptors (Lipinski definition) is 3. The van der Waals surface area contributed by atoms with Crippen LogP contribution in [0, 0.1) is 0 Å². The molecule has 0 unspecified atom stereocenters. The van der Waals surface area contributed by atoms with Crippen molar-refractivity contribution in [2.24, 2.45) is 0 Å². The lowest BCUT2D eigenvalue weighted by atomic mass is 10.1. The number of sulfonamides is 1. The van der Waals surface area contributed by atoms with Gasteiger partial charge >= 0.3 is 0 Å². The summed E-state index contributed by atoms with van der Waals surface area (Å²) in [5.41, 5.74) is 0.259. The highest BCUT2D eigenvalue weighted by atomic mass is 35.5. The standard InChI is InChI=1S/C20H18Cl2N2O3S/c1-2-24(13-19(25)23-20-17(21)8-5-9-18(20)22)28(26,27)16-11-10-14-6-3-4-7-15(14)12-16/h3-12H,2,13H2,1H3,(H,23,25). The molecule has 0 aliphatic carbocycles. The van der Waals surface area contributed by atoms with Crippen molar-refractivity contribution in [1.82, 2.24) is 4.31 Å². The van der Waals surface area contributed by atoms with E-state index >= 15 is 0 Å². The number of fused-ring (bicyclic) bond motifs is 1. The summed E-state index contributed by atoms with van der Waals surface area (Å²) in [6.07, 6.45) is 0. The minimum atomic E-state index is -3.84. The number of rotatable bonds is 6. The summed E-state index contributed by atoms with van der Waals surface area (Å²) >= 11 is 12.1. The van der Waals surface area contributed by atoms with Gasteiger partial charge in [0.2, 0.25) is 15.9 Å². The smallest absolute Gasteiger partial charge is 0.243 e. The van der Waals surface area contributed by atoms with Crippen molar-refractivity contribution in [2.45, 2.75) is 11.8 Å². The van der Waals surface area contributed by atoms with Gasteiger partial charge in [0.25, 0.3) is 0 Å². The fourth-order valence-corrected chi connectivity index (χ4v) is 4.73. The molecule has 0 saturated heterocycles. The van der Waals surface area contributed by atoms with Gasteiger partial charge < -0.3 is 5.32 Å². The third-order valence-electron chi connectivity index (χ3n) is 4.26. The Morgan fingerprint density at radius 3 is 2.25 bits per heavy atom. The maximum absolute atomic E-state index is 13.0. The van der Waals surface area contributed by atoms with Crippen LogP contribution >= 0.6 is 23.2 Å². The zero-order valence-corrected chi connectivity index (χ0v) is 17.4. The lowest BCUT2D eigenvalue weighted by Crippen LogP contribution is -2.37. The molecule has 0 bridgehead atoms. The molecule has 1 N–H and O–H groups in total. The molecule has 0 atom stereocenters. The highest BCUT2D eigenvalue weighted by Gasteiger charge is 2.26. The Bertz CT molecular complexity index is 1110. The van der Waals surface area contributed by atoms with Gasteiger partial charge in [0, 0.05) is 6.54 Å². The molecule has 0 saturated carbocycles. The number of hydrogen-bond donors (Lipinski definition) is 1. The molecule has 0 fully saturated rings. The molecule has 1 amide bonds. The van der Waals surface area contributed by atoms with Gasteiger partial charge in [-0.2, -0.15) is 4.31 Å². The monoisotopic (exact) mass is 436 g/mol. The second-order valence-electron chi connectivity index (χ2n) is 6.09. The van der Waals surface area contributed by atoms with E-state index in [0.29, 0.717) is 0 Å². The molecule has 0 aromatic heterocycles. The molecule has 0 spiro atoms. The third kappa shape index (κ3) is 4.31. The van der Waals surface area contributed by atoms with Crippen LogP contribution in [0.4, 0.5) is 5.69 Å². The molecule has 28 heavy (non-hydrogen) atoms. The number of carbonyl (C=O) groups excluding carboxylic acids is 1. The number of nitrogens with one attached hydrogen (secondary N) is 1. The molecule has 3 rings (SSSR count). The third-order valence-corrected chi connectivity index (χ3v) is 6.81. The van der Waals surface area contributed by atoms with E-state index in [1.807, 2.05) is 24.3 Å². The molecule has 0 heterocycles. The number of anilines is 1. The van der Waals surface area contributed by atoms with E-state index in [9.17, 15) is 13.2 Å². The van der Waals surface area contributed by atoms with Crippen molar-refractivity contribution < 1.29 is 13.2 Å². The predicted octanol–water partition coefficient (Wildman–Crippen LogP) is 4.80. The van der Waals surface area contributed by atoms with Crippen LogP contribution in [0.5, 0.6) is 0 Å². The van der Waals surface area contributed by atoms with E-state index < -0.39 is 15.9 Å². The number of likely N-dealkylation sites (N-methyl/N-ethyl adjacent to an activating group) is 1. The number of carbonyl (C=O) groups is 1. The minimum Gasteiger partial charge on any atom is -0.322 e. The number of benzene rings is 3. The van der Waals surface area contributed by atoms with Crippen molar-refractivity contribution in [1.29, 1.82) is 0 Å². The predicted molar refractivity (Wildman–Crippen MR) is 113 cm³/mol. The SMILES string of the molecule is CCN(CC(=O)Nc1c(Cl)cccc1Cl)S(=O)(=O)c1ccc2ccccc2c1. The number of para-hydroxylation sites is 1. The fraction of sp³-hybridized carbons (Fsp3) is 0.150. The Morgan fingerprint density at radius 2 is 1.61 bits per heavy atom. The van der Waals surface area contributed by atoms with Crippen LogP contribution in [-0.2, 0) is 14.8 Å². The van der Waals surface area contributed by atoms with Crippen molar-refractivity contribution in [3.8, 4) is 0 Å². The van der Waals surface area contributed by atoms with Crippen LogP contribution in [0.25, 0.3) is 10.8 Å². The molecule has 0 aliphatic heterocycles. The Hall–Kier alpha value is -2.12. The Labute approximate surface area is 173 Å². The van der Waals surface area contributed by atoms with E-state index in [0.717, 1.165) is 15.1 Å². The molecule has 0 aliphatic rings. The highest BCUT2D eigenvalue weighted by Crippen LogP contribution is 2.30. The maximum Gasteiger partial charge on any atom is 0.243 e. The van der Waals surface area contributed by atoms with Gasteiger partial charge in [-0.25, -0.2) is 8.42 Å². The lowest BCUT2D eigenvalue weighted by molar-refractivity contribution is -0.116. The summed E-state index contributed by atoms with van der Waals surface area (Å²) in [6, 6.07) is 17.2. The highest BCUT2D eigenvalue weighted by molar-refractivity contribution is 7.89. The topological polar surface area (TPSA) is 66.5 Å². The molecule has 0 radical (unpaired) electrons. The molecule has 3 aromatic rings. The van der Waals surface area contributed by atoms with Crippen LogP contribution in [0.3, 0.4) is 0 Å². The van der Waals surface area contributed by atoms with Gasteiger partial charge in [0.1, 0.15) is 0 Å². The second kappa shape index (κ2) is 8.49. The van der Waals surface area contributed by atoms with E-state index in [2.05, 4.69) is 5.32 Å². The van der Waals surface area contributed by atoms with Crippen LogP contribution in [0.15, 0.2) is 65.6 Å². The average Bonchev–Trinajstić information content (AvgIpc) is 2.68. The van der Waals surface area contributed by atoms with Gasteiger partial charge in [-0.1, -0.05) is 66.5 Å². The molecular formula is C20H18Cl2N2O3S. The average molecular weight is 437 g/mol. The summed E-state index contributed by atoms with van der Waals surface area (Å²) in [5.74, 6) is -0.527. The summed E-state index contributed by atoms with van der Waals surface area (Å²) in [5, 5.41) is 4.90. The Balaban J connectivity index is 1.83. The van der Waals surface area contributed by atoms with E-state index in [4.69, 9.17) is 23.2 Å². The molecule has 8 heteroatoms. The quantitative estimate of drug-likeness (QED) is 0.603. The Kier molecular flexibility index (Phi) is 6.25. The van der Waals surface area contributed by atoms with Crippen LogP contribution in [-0.4, -0.2) is 31.7 Å². The second-order valence-corrected chi connectivity index (χ2v) is 8.84. The van der Waals surface area contributed by atoms with Gasteiger partial charge in [0.05, 0.1) is 27.2 Å². The molecule has 146 valence electrons. The van der Waals surface area contributed by atoms with Crippen LogP contribution < -0.4 is 5.32 Å². The van der Waals surface area contributed by atoms with Gasteiger partial charge in [-0.05, 0) is 35.0 Å². The lowest BCUT2D eigenvalue weighted by Gasteiger charge is -2.20. The van der Waals surface area contributed by atoms with Crippen LogP contribution in [0.2, 0.25) is 10.0 Å². The Morgan fingerprint density at radius 1 is 0.964 bits per heavy atom. The van der Waals surface area contributed by atoms with E-state index in [1.165, 1.54) is 0 Å². The minimum absolute atomic E-state index is 0.136. The van der Waals surface area contributed by atoms with Crippen molar-refractivity contribution in [2.75, 3.05) is 18.4 Å². The first-order chi connectivity index (χ1) is 13.3. The normalized spacial score (nSPS) is 11.7. The van der Waals surface area contributed by atoms with Gasteiger partial charge in [0.15, 0.2) is 0 Å². The van der Waals surface area contributed by atoms with E-state index in [-0.39, 0.29) is 33.7 Å². The van der Waals surface area contributed by atoms with Crippen molar-refractivity contribution in [3.05, 3.63) is 70.7 Å².